The number of hydrogen-bond acceptors (Lipinski definition) is 4. The Morgan fingerprint density at radius 1 is 1.13 bits per heavy atom. The van der Waals surface area contributed by atoms with Crippen LogP contribution in [0.3, 0.4) is 0 Å². The van der Waals surface area contributed by atoms with Crippen molar-refractivity contribution in [2.24, 2.45) is 0 Å². The summed E-state index contributed by atoms with van der Waals surface area (Å²) in [6.45, 7) is 1.80. The van der Waals surface area contributed by atoms with Crippen molar-refractivity contribution in [1.82, 2.24) is 5.32 Å². The highest BCUT2D eigenvalue weighted by Crippen LogP contribution is 2.27. The van der Waals surface area contributed by atoms with Crippen molar-refractivity contribution in [3.63, 3.8) is 0 Å². The fraction of sp³-hybridized carbons (Fsp3) is 0.0625. The number of imide groups is 2. The van der Waals surface area contributed by atoms with Crippen LogP contribution in [-0.2, 0) is 9.59 Å². The van der Waals surface area contributed by atoms with Gasteiger partial charge in [-0.2, -0.15) is 0 Å². The van der Waals surface area contributed by atoms with E-state index in [4.69, 9.17) is 0 Å². The van der Waals surface area contributed by atoms with Crippen LogP contribution in [0.2, 0.25) is 0 Å². The SMILES string of the molecule is Cc1ccccc1N1C(=O)NC(=O)C(=Cc2ccc(Br)s2)C1=O. The Morgan fingerprint density at radius 3 is 2.52 bits per heavy atom. The second-order valence-corrected chi connectivity index (χ2v) is 7.38. The Morgan fingerprint density at radius 2 is 1.87 bits per heavy atom. The smallest absolute Gasteiger partial charge is 0.273 e. The first-order valence-electron chi connectivity index (χ1n) is 6.70. The number of amides is 4. The summed E-state index contributed by atoms with van der Waals surface area (Å²) in [5.74, 6) is -1.31. The van der Waals surface area contributed by atoms with E-state index in [2.05, 4.69) is 21.2 Å². The van der Waals surface area contributed by atoms with Gasteiger partial charge in [-0.1, -0.05) is 18.2 Å². The molecule has 0 saturated carbocycles. The number of carbonyl (C=O) groups excluding carboxylic acids is 3. The highest BCUT2D eigenvalue weighted by Gasteiger charge is 2.37. The number of thiophene rings is 1. The first-order valence-corrected chi connectivity index (χ1v) is 8.31. The van der Waals surface area contributed by atoms with Crippen LogP contribution in [-0.4, -0.2) is 17.8 Å². The molecule has 1 N–H and O–H groups in total. The molecule has 0 spiro atoms. The van der Waals surface area contributed by atoms with Gasteiger partial charge in [0.25, 0.3) is 11.8 Å². The van der Waals surface area contributed by atoms with E-state index in [0.29, 0.717) is 5.69 Å². The first-order chi connectivity index (χ1) is 11.0. The van der Waals surface area contributed by atoms with Crippen molar-refractivity contribution in [2.45, 2.75) is 6.92 Å². The zero-order valence-electron chi connectivity index (χ0n) is 12.0. The molecule has 2 aromatic rings. The molecule has 0 unspecified atom stereocenters. The average Bonchev–Trinajstić information content (AvgIpc) is 2.91. The van der Waals surface area contributed by atoms with Crippen LogP contribution < -0.4 is 10.2 Å². The molecule has 1 aliphatic heterocycles. The van der Waals surface area contributed by atoms with E-state index in [-0.39, 0.29) is 5.57 Å². The monoisotopic (exact) mass is 390 g/mol. The average molecular weight is 391 g/mol. The van der Waals surface area contributed by atoms with Crippen molar-refractivity contribution in [2.75, 3.05) is 4.90 Å². The number of urea groups is 1. The lowest BCUT2D eigenvalue weighted by atomic mass is 10.1. The van der Waals surface area contributed by atoms with Gasteiger partial charge in [0.2, 0.25) is 0 Å². The number of rotatable bonds is 2. The topological polar surface area (TPSA) is 66.5 Å². The van der Waals surface area contributed by atoms with Gasteiger partial charge in [-0.05, 0) is 52.7 Å². The van der Waals surface area contributed by atoms with E-state index in [1.54, 1.807) is 31.2 Å². The van der Waals surface area contributed by atoms with E-state index in [0.717, 1.165) is 19.1 Å². The van der Waals surface area contributed by atoms with Gasteiger partial charge in [-0.15, -0.1) is 11.3 Å². The predicted octanol–water partition coefficient (Wildman–Crippen LogP) is 3.49. The summed E-state index contributed by atoms with van der Waals surface area (Å²) in [6, 6.07) is 9.89. The highest BCUT2D eigenvalue weighted by atomic mass is 79.9. The van der Waals surface area contributed by atoms with E-state index >= 15 is 0 Å². The quantitative estimate of drug-likeness (QED) is 0.630. The van der Waals surface area contributed by atoms with Gasteiger partial charge in [0.1, 0.15) is 5.57 Å². The summed E-state index contributed by atoms with van der Waals surface area (Å²) >= 11 is 4.73. The second kappa shape index (κ2) is 6.10. The van der Waals surface area contributed by atoms with E-state index in [1.807, 2.05) is 12.1 Å². The van der Waals surface area contributed by atoms with Crippen molar-refractivity contribution >= 4 is 56.9 Å². The molecular weight excluding hydrogens is 380 g/mol. The molecule has 1 fully saturated rings. The van der Waals surface area contributed by atoms with Crippen LogP contribution in [0.4, 0.5) is 10.5 Å². The van der Waals surface area contributed by atoms with Crippen LogP contribution in [0, 0.1) is 6.92 Å². The Balaban J connectivity index is 2.04. The maximum atomic E-state index is 12.7. The van der Waals surface area contributed by atoms with Gasteiger partial charge < -0.3 is 0 Å². The van der Waals surface area contributed by atoms with Crippen LogP contribution in [0.5, 0.6) is 0 Å². The van der Waals surface area contributed by atoms with Crippen molar-refractivity contribution in [1.29, 1.82) is 0 Å². The summed E-state index contributed by atoms with van der Waals surface area (Å²) in [6.07, 6.45) is 1.49. The maximum absolute atomic E-state index is 12.7. The molecule has 4 amide bonds. The standard InChI is InChI=1S/C16H11BrN2O3S/c1-9-4-2-3-5-12(9)19-15(21)11(14(20)18-16(19)22)8-10-6-7-13(17)23-10/h2-8H,1H3,(H,18,20,22). The Labute approximate surface area is 144 Å². The number of nitrogens with zero attached hydrogens (tertiary/aromatic N) is 1. The number of nitrogens with one attached hydrogen (secondary N) is 1. The first kappa shape index (κ1) is 15.6. The minimum absolute atomic E-state index is 0.0674. The number of benzene rings is 1. The predicted molar refractivity (Wildman–Crippen MR) is 92.2 cm³/mol. The van der Waals surface area contributed by atoms with Gasteiger partial charge in [0.15, 0.2) is 0 Å². The van der Waals surface area contributed by atoms with E-state index in [9.17, 15) is 14.4 Å². The number of halogens is 1. The largest absolute Gasteiger partial charge is 0.335 e. The zero-order valence-corrected chi connectivity index (χ0v) is 14.4. The molecule has 3 rings (SSSR count). The molecule has 1 aliphatic rings. The summed E-state index contributed by atoms with van der Waals surface area (Å²) in [7, 11) is 0. The fourth-order valence-corrected chi connectivity index (χ4v) is 3.61. The maximum Gasteiger partial charge on any atom is 0.335 e. The molecule has 1 aromatic carbocycles. The van der Waals surface area contributed by atoms with Crippen LogP contribution in [0.15, 0.2) is 45.8 Å². The number of carbonyl (C=O) groups is 3. The summed E-state index contributed by atoms with van der Waals surface area (Å²) in [4.78, 5) is 38.6. The molecule has 0 aliphatic carbocycles. The van der Waals surface area contributed by atoms with Gasteiger partial charge in [0, 0.05) is 4.88 Å². The minimum atomic E-state index is -0.737. The van der Waals surface area contributed by atoms with Crippen LogP contribution in [0.1, 0.15) is 10.4 Å². The van der Waals surface area contributed by atoms with Crippen molar-refractivity contribution < 1.29 is 14.4 Å². The van der Waals surface area contributed by atoms with Gasteiger partial charge in [-0.25, -0.2) is 9.69 Å². The molecule has 0 bridgehead atoms. The molecule has 1 aromatic heterocycles. The zero-order chi connectivity index (χ0) is 16.6. The van der Waals surface area contributed by atoms with Crippen LogP contribution in [0.25, 0.3) is 6.08 Å². The minimum Gasteiger partial charge on any atom is -0.273 e. The Kier molecular flexibility index (Phi) is 4.14. The van der Waals surface area contributed by atoms with E-state index < -0.39 is 17.8 Å². The van der Waals surface area contributed by atoms with E-state index in [1.165, 1.54) is 17.4 Å². The Bertz CT molecular complexity index is 857. The third-order valence-corrected chi connectivity index (χ3v) is 4.91. The van der Waals surface area contributed by atoms with Gasteiger partial charge in [-0.3, -0.25) is 14.9 Å². The number of anilines is 1. The molecule has 2 heterocycles. The number of hydrogen-bond donors (Lipinski definition) is 1. The van der Waals surface area contributed by atoms with Gasteiger partial charge >= 0.3 is 6.03 Å². The van der Waals surface area contributed by atoms with Gasteiger partial charge in [0.05, 0.1) is 9.47 Å². The highest BCUT2D eigenvalue weighted by molar-refractivity contribution is 9.11. The molecule has 1 saturated heterocycles. The van der Waals surface area contributed by atoms with Crippen molar-refractivity contribution in [3.8, 4) is 0 Å². The van der Waals surface area contributed by atoms with Crippen molar-refractivity contribution in [3.05, 3.63) is 56.2 Å². The molecule has 116 valence electrons. The number of aryl methyl sites for hydroxylation is 1. The lowest BCUT2D eigenvalue weighted by molar-refractivity contribution is -0.122. The normalized spacial score (nSPS) is 16.9. The molecule has 5 nitrogen and oxygen atoms in total. The lowest BCUT2D eigenvalue weighted by Crippen LogP contribution is -2.54. The molecule has 0 atom stereocenters. The third kappa shape index (κ3) is 2.97. The lowest BCUT2D eigenvalue weighted by Gasteiger charge is -2.27. The summed E-state index contributed by atoms with van der Waals surface area (Å²) in [5, 5.41) is 2.21. The number of para-hydroxylation sites is 1. The number of barbiturate groups is 1. The second-order valence-electron chi connectivity index (χ2n) is 4.89. The summed E-state index contributed by atoms with van der Waals surface area (Å²) < 4.78 is 0.889. The Hall–Kier alpha value is -2.25. The molecule has 0 radical (unpaired) electrons. The molecule has 7 heteroatoms. The molecule has 23 heavy (non-hydrogen) atoms. The van der Waals surface area contributed by atoms with Crippen LogP contribution >= 0.6 is 27.3 Å². The molecular formula is C16H11BrN2O3S. The summed E-state index contributed by atoms with van der Waals surface area (Å²) in [5.41, 5.74) is 1.16. The third-order valence-electron chi connectivity index (χ3n) is 3.34. The fourth-order valence-electron chi connectivity index (χ4n) is 2.24.